The first-order valence-electron chi connectivity index (χ1n) is 11.4. The van der Waals surface area contributed by atoms with Gasteiger partial charge < -0.3 is 14.6 Å². The second kappa shape index (κ2) is 11.1. The molecule has 5 heteroatoms. The van der Waals surface area contributed by atoms with Crippen LogP contribution in [-0.2, 0) is 24.2 Å². The molecule has 0 fully saturated rings. The minimum absolute atomic E-state index is 0.111. The minimum Gasteiger partial charge on any atom is -0.492 e. The molecule has 0 saturated heterocycles. The highest BCUT2D eigenvalue weighted by Gasteiger charge is 2.11. The number of para-hydroxylation sites is 2. The standard InChI is InChI=1S/C28H29N3O2/c1-2-22-12-15-24(16-13-22)33-21-20-31-26-11-7-6-10-25(26)30-27(31)18-19-29-28(32)17-14-23-8-4-3-5-9-23/h3-17H,2,18-21H2,1H3,(H,29,32)/b17-14+. The number of benzene rings is 3. The number of fused-ring (bicyclic) bond motifs is 1. The van der Waals surface area contributed by atoms with Gasteiger partial charge in [-0.3, -0.25) is 4.79 Å². The molecule has 0 bridgehead atoms. The lowest BCUT2D eigenvalue weighted by molar-refractivity contribution is -0.116. The van der Waals surface area contributed by atoms with E-state index in [1.807, 2.05) is 66.7 Å². The largest absolute Gasteiger partial charge is 0.492 e. The van der Waals surface area contributed by atoms with Crippen LogP contribution in [0.4, 0.5) is 0 Å². The first-order valence-corrected chi connectivity index (χ1v) is 11.4. The Morgan fingerprint density at radius 1 is 1.00 bits per heavy atom. The predicted octanol–water partition coefficient (Wildman–Crippen LogP) is 5.05. The lowest BCUT2D eigenvalue weighted by atomic mass is 10.2. The summed E-state index contributed by atoms with van der Waals surface area (Å²) in [6, 6.07) is 26.1. The molecule has 0 aliphatic carbocycles. The number of carbonyl (C=O) groups is 1. The van der Waals surface area contributed by atoms with E-state index in [1.165, 1.54) is 5.56 Å². The van der Waals surface area contributed by atoms with E-state index in [1.54, 1.807) is 6.08 Å². The lowest BCUT2D eigenvalue weighted by Crippen LogP contribution is -2.25. The van der Waals surface area contributed by atoms with Crippen LogP contribution in [-0.4, -0.2) is 28.6 Å². The molecule has 1 amide bonds. The molecule has 1 N–H and O–H groups in total. The van der Waals surface area contributed by atoms with Gasteiger partial charge in [-0.05, 0) is 47.9 Å². The van der Waals surface area contributed by atoms with E-state index in [0.29, 0.717) is 26.1 Å². The summed E-state index contributed by atoms with van der Waals surface area (Å²) in [5.74, 6) is 1.70. The van der Waals surface area contributed by atoms with E-state index in [4.69, 9.17) is 9.72 Å². The maximum Gasteiger partial charge on any atom is 0.244 e. The van der Waals surface area contributed by atoms with Gasteiger partial charge in [0.2, 0.25) is 5.91 Å². The zero-order chi connectivity index (χ0) is 22.9. The number of rotatable bonds is 10. The maximum absolute atomic E-state index is 12.2. The number of carbonyl (C=O) groups excluding carboxylic acids is 1. The second-order valence-corrected chi connectivity index (χ2v) is 7.80. The number of ether oxygens (including phenoxy) is 1. The summed E-state index contributed by atoms with van der Waals surface area (Å²) in [6.45, 7) is 3.89. The fourth-order valence-electron chi connectivity index (χ4n) is 3.73. The van der Waals surface area contributed by atoms with Crippen molar-refractivity contribution in [3.8, 4) is 5.75 Å². The summed E-state index contributed by atoms with van der Waals surface area (Å²) in [6.07, 6.45) is 5.04. The zero-order valence-electron chi connectivity index (χ0n) is 18.9. The Labute approximate surface area is 194 Å². The molecule has 1 aromatic heterocycles. The van der Waals surface area contributed by atoms with E-state index in [9.17, 15) is 4.79 Å². The molecule has 0 spiro atoms. The molecule has 168 valence electrons. The molecule has 0 atom stereocenters. The van der Waals surface area contributed by atoms with Crippen molar-refractivity contribution >= 4 is 23.0 Å². The third kappa shape index (κ3) is 6.10. The number of hydrogen-bond donors (Lipinski definition) is 1. The van der Waals surface area contributed by atoms with Crippen LogP contribution in [0.5, 0.6) is 5.75 Å². The van der Waals surface area contributed by atoms with Gasteiger partial charge in [0.25, 0.3) is 0 Å². The third-order valence-electron chi connectivity index (χ3n) is 5.52. The van der Waals surface area contributed by atoms with Gasteiger partial charge in [-0.25, -0.2) is 4.98 Å². The van der Waals surface area contributed by atoms with E-state index in [-0.39, 0.29) is 5.91 Å². The fourth-order valence-corrected chi connectivity index (χ4v) is 3.73. The van der Waals surface area contributed by atoms with E-state index in [2.05, 4.69) is 35.0 Å². The number of nitrogens with one attached hydrogen (secondary N) is 1. The molecule has 5 nitrogen and oxygen atoms in total. The number of aryl methyl sites for hydroxylation is 1. The minimum atomic E-state index is -0.111. The molecule has 0 aliphatic rings. The van der Waals surface area contributed by atoms with E-state index in [0.717, 1.165) is 34.6 Å². The Morgan fingerprint density at radius 3 is 2.55 bits per heavy atom. The highest BCUT2D eigenvalue weighted by atomic mass is 16.5. The molecule has 33 heavy (non-hydrogen) atoms. The van der Waals surface area contributed by atoms with Crippen molar-refractivity contribution in [2.75, 3.05) is 13.2 Å². The molecular weight excluding hydrogens is 410 g/mol. The first kappa shape index (κ1) is 22.3. The van der Waals surface area contributed by atoms with Gasteiger partial charge in [0.05, 0.1) is 17.6 Å². The topological polar surface area (TPSA) is 56.1 Å². The quantitative estimate of drug-likeness (QED) is 0.352. The highest BCUT2D eigenvalue weighted by Crippen LogP contribution is 2.17. The monoisotopic (exact) mass is 439 g/mol. The summed E-state index contributed by atoms with van der Waals surface area (Å²) in [5, 5.41) is 2.96. The Morgan fingerprint density at radius 2 is 1.76 bits per heavy atom. The van der Waals surface area contributed by atoms with Crippen LogP contribution in [0.1, 0.15) is 23.9 Å². The van der Waals surface area contributed by atoms with Crippen LogP contribution in [0.3, 0.4) is 0 Å². The normalized spacial score (nSPS) is 11.2. The molecular formula is C28H29N3O2. The fraction of sp³-hybridized carbons (Fsp3) is 0.214. The van der Waals surface area contributed by atoms with Gasteiger partial charge in [-0.1, -0.05) is 61.5 Å². The van der Waals surface area contributed by atoms with E-state index < -0.39 is 0 Å². The van der Waals surface area contributed by atoms with Crippen LogP contribution < -0.4 is 10.1 Å². The predicted molar refractivity (Wildman–Crippen MR) is 133 cm³/mol. The van der Waals surface area contributed by atoms with Crippen molar-refractivity contribution in [3.63, 3.8) is 0 Å². The van der Waals surface area contributed by atoms with Crippen LogP contribution in [0, 0.1) is 0 Å². The van der Waals surface area contributed by atoms with Crippen LogP contribution in [0.25, 0.3) is 17.1 Å². The van der Waals surface area contributed by atoms with Crippen molar-refractivity contribution in [1.82, 2.24) is 14.9 Å². The molecule has 0 saturated carbocycles. The van der Waals surface area contributed by atoms with Crippen molar-refractivity contribution < 1.29 is 9.53 Å². The summed E-state index contributed by atoms with van der Waals surface area (Å²) in [7, 11) is 0. The third-order valence-corrected chi connectivity index (χ3v) is 5.52. The molecule has 0 aliphatic heterocycles. The second-order valence-electron chi connectivity index (χ2n) is 7.80. The molecule has 0 unspecified atom stereocenters. The number of aromatic nitrogens is 2. The summed E-state index contributed by atoms with van der Waals surface area (Å²) in [4.78, 5) is 17.0. The lowest BCUT2D eigenvalue weighted by Gasteiger charge is -2.11. The SMILES string of the molecule is CCc1ccc(OCCn2c(CCNC(=O)/C=C/c3ccccc3)nc3ccccc32)cc1. The molecule has 1 heterocycles. The molecule has 0 radical (unpaired) electrons. The maximum atomic E-state index is 12.2. The molecule has 3 aromatic carbocycles. The van der Waals surface area contributed by atoms with Crippen molar-refractivity contribution in [2.45, 2.75) is 26.3 Å². The van der Waals surface area contributed by atoms with Gasteiger partial charge in [-0.15, -0.1) is 0 Å². The number of amides is 1. The average molecular weight is 440 g/mol. The van der Waals surface area contributed by atoms with Crippen LogP contribution in [0.15, 0.2) is 84.9 Å². The smallest absolute Gasteiger partial charge is 0.244 e. The van der Waals surface area contributed by atoms with Crippen molar-refractivity contribution in [2.24, 2.45) is 0 Å². The van der Waals surface area contributed by atoms with Crippen molar-refractivity contribution in [3.05, 3.63) is 102 Å². The van der Waals surface area contributed by atoms with Gasteiger partial charge in [0.1, 0.15) is 18.2 Å². The van der Waals surface area contributed by atoms with Crippen molar-refractivity contribution in [1.29, 1.82) is 0 Å². The number of imidazole rings is 1. The summed E-state index contributed by atoms with van der Waals surface area (Å²) in [5.41, 5.74) is 4.33. The molecule has 4 aromatic rings. The number of hydrogen-bond acceptors (Lipinski definition) is 3. The Bertz CT molecular complexity index is 1210. The zero-order valence-corrected chi connectivity index (χ0v) is 18.9. The summed E-state index contributed by atoms with van der Waals surface area (Å²) >= 11 is 0. The highest BCUT2D eigenvalue weighted by molar-refractivity contribution is 5.91. The van der Waals surface area contributed by atoms with Gasteiger partial charge >= 0.3 is 0 Å². The summed E-state index contributed by atoms with van der Waals surface area (Å²) < 4.78 is 8.15. The Hall–Kier alpha value is -3.86. The van der Waals surface area contributed by atoms with E-state index >= 15 is 0 Å². The Balaban J connectivity index is 1.36. The van der Waals surface area contributed by atoms with Crippen LogP contribution >= 0.6 is 0 Å². The first-order chi connectivity index (χ1) is 16.2. The van der Waals surface area contributed by atoms with Crippen LogP contribution in [0.2, 0.25) is 0 Å². The number of nitrogens with zero attached hydrogens (tertiary/aromatic N) is 2. The van der Waals surface area contributed by atoms with Gasteiger partial charge in [0.15, 0.2) is 0 Å². The average Bonchev–Trinajstić information content (AvgIpc) is 3.21. The van der Waals surface area contributed by atoms with Gasteiger partial charge in [-0.2, -0.15) is 0 Å². The van der Waals surface area contributed by atoms with Gasteiger partial charge in [0, 0.05) is 19.0 Å². The molecule has 4 rings (SSSR count). The Kier molecular flexibility index (Phi) is 7.54.